The van der Waals surface area contributed by atoms with Crippen LogP contribution in [-0.4, -0.2) is 7.05 Å². The monoisotopic (exact) mass is 311 g/mol. The quantitative estimate of drug-likeness (QED) is 0.747. The summed E-state index contributed by atoms with van der Waals surface area (Å²) < 4.78 is 27.1. The largest absolute Gasteiger partial charge is 0.342 e. The fourth-order valence-corrected chi connectivity index (χ4v) is 2.08. The lowest BCUT2D eigenvalue weighted by Gasteiger charge is -2.20. The maximum absolute atomic E-state index is 13.9. The van der Waals surface area contributed by atoms with Crippen molar-refractivity contribution < 1.29 is 8.78 Å². The molecular formula is C14H12BrF2N. The van der Waals surface area contributed by atoms with Gasteiger partial charge in [-0.15, -0.1) is 0 Å². The van der Waals surface area contributed by atoms with Gasteiger partial charge in [-0.1, -0.05) is 28.1 Å². The van der Waals surface area contributed by atoms with Crippen LogP contribution in [0.5, 0.6) is 0 Å². The van der Waals surface area contributed by atoms with Crippen molar-refractivity contribution in [3.05, 3.63) is 59.7 Å². The number of hydrogen-bond donors (Lipinski definition) is 0. The molecule has 0 aliphatic carbocycles. The topological polar surface area (TPSA) is 3.24 Å². The maximum atomic E-state index is 13.9. The first-order chi connectivity index (χ1) is 8.61. The molecule has 0 bridgehead atoms. The van der Waals surface area contributed by atoms with E-state index < -0.39 is 0 Å². The molecule has 1 nitrogen and oxygen atoms in total. The number of benzene rings is 2. The van der Waals surface area contributed by atoms with Gasteiger partial charge < -0.3 is 4.90 Å². The van der Waals surface area contributed by atoms with Crippen LogP contribution in [0, 0.1) is 11.6 Å². The average Bonchev–Trinajstić information content (AvgIpc) is 2.37. The number of alkyl halides is 1. The summed E-state index contributed by atoms with van der Waals surface area (Å²) in [5.74, 6) is -0.657. The maximum Gasteiger partial charge on any atom is 0.147 e. The Kier molecular flexibility index (Phi) is 3.97. The van der Waals surface area contributed by atoms with Crippen molar-refractivity contribution in [2.24, 2.45) is 0 Å². The van der Waals surface area contributed by atoms with E-state index in [9.17, 15) is 8.78 Å². The molecule has 0 aliphatic heterocycles. The third kappa shape index (κ3) is 2.70. The molecule has 2 rings (SSSR count). The molecule has 0 fully saturated rings. The van der Waals surface area contributed by atoms with Crippen molar-refractivity contribution in [1.82, 2.24) is 0 Å². The summed E-state index contributed by atoms with van der Waals surface area (Å²) in [7, 11) is 1.71. The average molecular weight is 312 g/mol. The summed E-state index contributed by atoms with van der Waals surface area (Å²) in [6, 6.07) is 11.1. The van der Waals surface area contributed by atoms with E-state index >= 15 is 0 Å². The fraction of sp³-hybridized carbons (Fsp3) is 0.143. The zero-order valence-electron chi connectivity index (χ0n) is 9.83. The van der Waals surface area contributed by atoms with E-state index in [0.29, 0.717) is 16.7 Å². The Morgan fingerprint density at radius 2 is 1.89 bits per heavy atom. The van der Waals surface area contributed by atoms with Crippen molar-refractivity contribution in [2.75, 3.05) is 11.9 Å². The summed E-state index contributed by atoms with van der Waals surface area (Å²) in [4.78, 5) is 1.62. The van der Waals surface area contributed by atoms with E-state index in [4.69, 9.17) is 0 Å². The molecule has 0 radical (unpaired) electrons. The minimum atomic E-state index is -0.336. The SMILES string of the molecule is CN(c1cccc(F)c1)c1ccc(CBr)cc1F. The number of anilines is 2. The van der Waals surface area contributed by atoms with Gasteiger partial charge >= 0.3 is 0 Å². The van der Waals surface area contributed by atoms with Crippen molar-refractivity contribution >= 4 is 27.3 Å². The number of halogens is 3. The number of hydrogen-bond acceptors (Lipinski definition) is 1. The van der Waals surface area contributed by atoms with Crippen molar-refractivity contribution in [1.29, 1.82) is 0 Å². The van der Waals surface area contributed by atoms with Gasteiger partial charge in [0, 0.05) is 18.1 Å². The van der Waals surface area contributed by atoms with E-state index in [-0.39, 0.29) is 11.6 Å². The van der Waals surface area contributed by atoms with Gasteiger partial charge in [0.05, 0.1) is 5.69 Å². The zero-order valence-corrected chi connectivity index (χ0v) is 11.4. The summed E-state index contributed by atoms with van der Waals surface area (Å²) in [5.41, 5.74) is 1.90. The third-order valence-electron chi connectivity index (χ3n) is 2.72. The van der Waals surface area contributed by atoms with Crippen LogP contribution in [0.4, 0.5) is 20.2 Å². The summed E-state index contributed by atoms with van der Waals surface area (Å²) in [5, 5.41) is 0.605. The molecular weight excluding hydrogens is 300 g/mol. The molecule has 0 saturated carbocycles. The van der Waals surface area contributed by atoms with Crippen molar-refractivity contribution in [3.8, 4) is 0 Å². The second-order valence-electron chi connectivity index (χ2n) is 3.96. The van der Waals surface area contributed by atoms with Crippen molar-refractivity contribution in [3.63, 3.8) is 0 Å². The van der Waals surface area contributed by atoms with Crippen LogP contribution >= 0.6 is 15.9 Å². The van der Waals surface area contributed by atoms with Crippen LogP contribution in [0.2, 0.25) is 0 Å². The van der Waals surface area contributed by atoms with E-state index in [1.807, 2.05) is 6.07 Å². The van der Waals surface area contributed by atoms with E-state index in [0.717, 1.165) is 5.56 Å². The van der Waals surface area contributed by atoms with Gasteiger partial charge in [-0.05, 0) is 35.9 Å². The molecule has 0 amide bonds. The molecule has 2 aromatic rings. The summed E-state index contributed by atoms with van der Waals surface area (Å²) in [6.45, 7) is 0. The first-order valence-electron chi connectivity index (χ1n) is 5.45. The Balaban J connectivity index is 2.37. The normalized spacial score (nSPS) is 10.4. The van der Waals surface area contributed by atoms with Crippen LogP contribution < -0.4 is 4.90 Å². The first-order valence-corrected chi connectivity index (χ1v) is 6.57. The lowest BCUT2D eigenvalue weighted by atomic mass is 10.2. The van der Waals surface area contributed by atoms with E-state index in [1.54, 1.807) is 30.1 Å². The van der Waals surface area contributed by atoms with Gasteiger partial charge in [0.1, 0.15) is 11.6 Å². The lowest BCUT2D eigenvalue weighted by Crippen LogP contribution is -2.11. The summed E-state index contributed by atoms with van der Waals surface area (Å²) >= 11 is 3.28. The highest BCUT2D eigenvalue weighted by Crippen LogP contribution is 2.27. The standard InChI is InChI=1S/C14H12BrF2N/c1-18(12-4-2-3-11(16)8-12)14-6-5-10(9-15)7-13(14)17/h2-8H,9H2,1H3. The van der Waals surface area contributed by atoms with Crippen LogP contribution in [0.15, 0.2) is 42.5 Å². The smallest absolute Gasteiger partial charge is 0.147 e. The Morgan fingerprint density at radius 3 is 2.50 bits per heavy atom. The fourth-order valence-electron chi connectivity index (χ4n) is 1.73. The molecule has 0 saturated heterocycles. The van der Waals surface area contributed by atoms with E-state index in [1.165, 1.54) is 18.2 Å². The van der Waals surface area contributed by atoms with Gasteiger partial charge in [-0.3, -0.25) is 0 Å². The van der Waals surface area contributed by atoms with Gasteiger partial charge in [0.2, 0.25) is 0 Å². The molecule has 0 N–H and O–H groups in total. The molecule has 0 aliphatic rings. The number of nitrogens with zero attached hydrogens (tertiary/aromatic N) is 1. The Labute approximate surface area is 113 Å². The predicted molar refractivity (Wildman–Crippen MR) is 73.5 cm³/mol. The van der Waals surface area contributed by atoms with Gasteiger partial charge in [-0.2, -0.15) is 0 Å². The minimum absolute atomic E-state index is 0.321. The van der Waals surface area contributed by atoms with Gasteiger partial charge in [0.25, 0.3) is 0 Å². The van der Waals surface area contributed by atoms with Gasteiger partial charge in [-0.25, -0.2) is 8.78 Å². The molecule has 4 heteroatoms. The highest BCUT2D eigenvalue weighted by atomic mass is 79.9. The molecule has 18 heavy (non-hydrogen) atoms. The van der Waals surface area contributed by atoms with Crippen LogP contribution in [-0.2, 0) is 5.33 Å². The molecule has 0 spiro atoms. The second-order valence-corrected chi connectivity index (χ2v) is 4.52. The molecule has 2 aromatic carbocycles. The van der Waals surface area contributed by atoms with E-state index in [2.05, 4.69) is 15.9 Å². The predicted octanol–water partition coefficient (Wildman–Crippen LogP) is 4.63. The van der Waals surface area contributed by atoms with Crippen LogP contribution in [0.3, 0.4) is 0 Å². The minimum Gasteiger partial charge on any atom is -0.342 e. The van der Waals surface area contributed by atoms with Gasteiger partial charge in [0.15, 0.2) is 0 Å². The second kappa shape index (κ2) is 5.48. The molecule has 0 aromatic heterocycles. The lowest BCUT2D eigenvalue weighted by molar-refractivity contribution is 0.622. The highest BCUT2D eigenvalue weighted by Gasteiger charge is 2.10. The zero-order chi connectivity index (χ0) is 13.1. The summed E-state index contributed by atoms with van der Waals surface area (Å²) in [6.07, 6.45) is 0. The van der Waals surface area contributed by atoms with Crippen molar-refractivity contribution in [2.45, 2.75) is 5.33 Å². The highest BCUT2D eigenvalue weighted by molar-refractivity contribution is 9.08. The Morgan fingerprint density at radius 1 is 1.11 bits per heavy atom. The Bertz CT molecular complexity index is 557. The molecule has 0 heterocycles. The van der Waals surface area contributed by atoms with Crippen LogP contribution in [0.1, 0.15) is 5.56 Å². The number of rotatable bonds is 3. The van der Waals surface area contributed by atoms with Crippen LogP contribution in [0.25, 0.3) is 0 Å². The molecule has 94 valence electrons. The third-order valence-corrected chi connectivity index (χ3v) is 3.37. The Hall–Kier alpha value is -1.42. The molecule has 0 unspecified atom stereocenters. The molecule has 0 atom stereocenters. The first kappa shape index (κ1) is 13.0.